The predicted molar refractivity (Wildman–Crippen MR) is 88.1 cm³/mol. The van der Waals surface area contributed by atoms with E-state index in [0.29, 0.717) is 5.41 Å². The van der Waals surface area contributed by atoms with E-state index in [2.05, 4.69) is 44.8 Å². The van der Waals surface area contributed by atoms with Crippen LogP contribution in [-0.4, -0.2) is 36.1 Å². The third-order valence-corrected chi connectivity index (χ3v) is 5.85. The van der Waals surface area contributed by atoms with Gasteiger partial charge in [-0.2, -0.15) is 0 Å². The lowest BCUT2D eigenvalue weighted by Crippen LogP contribution is -2.49. The van der Waals surface area contributed by atoms with Gasteiger partial charge in [-0.05, 0) is 63.3 Å². The number of nitrogens with zero attached hydrogens (tertiary/aromatic N) is 1. The summed E-state index contributed by atoms with van der Waals surface area (Å²) in [6.45, 7) is 14.4. The number of nitrogens with one attached hydrogen (secondary N) is 1. The molecule has 2 nitrogen and oxygen atoms in total. The van der Waals surface area contributed by atoms with E-state index in [1.165, 1.54) is 45.1 Å². The highest BCUT2D eigenvalue weighted by Gasteiger charge is 2.38. The standard InChI is InChI=1S/C18H36N2/c1-6-16-9-8-14(3)20(16)13-15-12-18(4,5)11-10-17(15)19-7-2/h14-17,19H,6-13H2,1-5H3. The Kier molecular flexibility index (Phi) is 5.53. The predicted octanol–water partition coefficient (Wildman–Crippen LogP) is 4.05. The van der Waals surface area contributed by atoms with Crippen LogP contribution in [0.4, 0.5) is 0 Å². The minimum atomic E-state index is 0.543. The molecular formula is C18H36N2. The van der Waals surface area contributed by atoms with Crippen LogP contribution in [0.3, 0.4) is 0 Å². The van der Waals surface area contributed by atoms with Crippen LogP contribution in [0.2, 0.25) is 0 Å². The SMILES string of the molecule is CCNC1CCC(C)(C)CC1CN1C(C)CCC1CC. The topological polar surface area (TPSA) is 15.3 Å². The highest BCUT2D eigenvalue weighted by molar-refractivity contribution is 4.93. The molecule has 1 aliphatic heterocycles. The summed E-state index contributed by atoms with van der Waals surface area (Å²) >= 11 is 0. The second kappa shape index (κ2) is 6.79. The average molecular weight is 280 g/mol. The Morgan fingerprint density at radius 1 is 1.15 bits per heavy atom. The fourth-order valence-corrected chi connectivity index (χ4v) is 4.62. The number of hydrogen-bond acceptors (Lipinski definition) is 2. The van der Waals surface area contributed by atoms with Gasteiger partial charge in [0.2, 0.25) is 0 Å². The molecule has 2 heteroatoms. The van der Waals surface area contributed by atoms with Crippen molar-refractivity contribution in [3.63, 3.8) is 0 Å². The van der Waals surface area contributed by atoms with Gasteiger partial charge in [0.25, 0.3) is 0 Å². The Bertz CT molecular complexity index is 300. The van der Waals surface area contributed by atoms with E-state index in [-0.39, 0.29) is 0 Å². The minimum Gasteiger partial charge on any atom is -0.314 e. The number of likely N-dealkylation sites (tertiary alicyclic amines) is 1. The van der Waals surface area contributed by atoms with Crippen molar-refractivity contribution in [1.29, 1.82) is 0 Å². The molecule has 1 saturated carbocycles. The summed E-state index contributed by atoms with van der Waals surface area (Å²) in [5.41, 5.74) is 0.543. The van der Waals surface area contributed by atoms with Crippen molar-refractivity contribution in [1.82, 2.24) is 10.2 Å². The largest absolute Gasteiger partial charge is 0.314 e. The lowest BCUT2D eigenvalue weighted by Gasteiger charge is -2.44. The van der Waals surface area contributed by atoms with Gasteiger partial charge in [-0.1, -0.05) is 27.7 Å². The van der Waals surface area contributed by atoms with Gasteiger partial charge in [-0.15, -0.1) is 0 Å². The first-order valence-corrected chi connectivity index (χ1v) is 8.96. The third-order valence-electron chi connectivity index (χ3n) is 5.85. The van der Waals surface area contributed by atoms with Gasteiger partial charge in [0.05, 0.1) is 0 Å². The zero-order chi connectivity index (χ0) is 14.8. The van der Waals surface area contributed by atoms with Gasteiger partial charge >= 0.3 is 0 Å². The molecule has 0 spiro atoms. The molecule has 0 radical (unpaired) electrons. The molecule has 1 aliphatic carbocycles. The molecule has 1 saturated heterocycles. The van der Waals surface area contributed by atoms with Crippen LogP contribution in [0.5, 0.6) is 0 Å². The fourth-order valence-electron chi connectivity index (χ4n) is 4.62. The van der Waals surface area contributed by atoms with Crippen molar-refractivity contribution in [2.75, 3.05) is 13.1 Å². The van der Waals surface area contributed by atoms with Crippen LogP contribution < -0.4 is 5.32 Å². The third kappa shape index (κ3) is 3.76. The van der Waals surface area contributed by atoms with Gasteiger partial charge < -0.3 is 5.32 Å². The van der Waals surface area contributed by atoms with Crippen LogP contribution >= 0.6 is 0 Å². The Hall–Kier alpha value is -0.0800. The normalized spacial score (nSPS) is 38.2. The molecule has 0 aromatic heterocycles. The van der Waals surface area contributed by atoms with Crippen LogP contribution in [0.25, 0.3) is 0 Å². The lowest BCUT2D eigenvalue weighted by atomic mass is 9.69. The summed E-state index contributed by atoms with van der Waals surface area (Å²) in [4.78, 5) is 2.83. The molecule has 20 heavy (non-hydrogen) atoms. The van der Waals surface area contributed by atoms with Crippen molar-refractivity contribution in [3.05, 3.63) is 0 Å². The molecule has 4 unspecified atom stereocenters. The van der Waals surface area contributed by atoms with Gasteiger partial charge in [0, 0.05) is 24.7 Å². The maximum atomic E-state index is 3.77. The number of rotatable bonds is 5. The molecule has 1 heterocycles. The van der Waals surface area contributed by atoms with Crippen molar-refractivity contribution in [2.24, 2.45) is 11.3 Å². The Balaban J connectivity index is 2.02. The molecule has 0 bridgehead atoms. The van der Waals surface area contributed by atoms with E-state index < -0.39 is 0 Å². The molecule has 2 fully saturated rings. The summed E-state index contributed by atoms with van der Waals surface area (Å²) in [5.74, 6) is 0.841. The van der Waals surface area contributed by atoms with Crippen LogP contribution in [0.1, 0.15) is 73.1 Å². The first-order valence-electron chi connectivity index (χ1n) is 8.96. The van der Waals surface area contributed by atoms with Crippen molar-refractivity contribution in [2.45, 2.75) is 91.3 Å². The quantitative estimate of drug-likeness (QED) is 0.817. The van der Waals surface area contributed by atoms with E-state index in [1.807, 2.05) is 0 Å². The molecule has 2 aliphatic rings. The van der Waals surface area contributed by atoms with E-state index in [0.717, 1.165) is 30.6 Å². The van der Waals surface area contributed by atoms with E-state index >= 15 is 0 Å². The zero-order valence-electron chi connectivity index (χ0n) is 14.4. The molecule has 0 aromatic rings. The minimum absolute atomic E-state index is 0.543. The molecule has 2 rings (SSSR count). The van der Waals surface area contributed by atoms with Gasteiger partial charge in [0.15, 0.2) is 0 Å². The van der Waals surface area contributed by atoms with E-state index in [1.54, 1.807) is 0 Å². The van der Waals surface area contributed by atoms with Gasteiger partial charge in [0.1, 0.15) is 0 Å². The summed E-state index contributed by atoms with van der Waals surface area (Å²) in [7, 11) is 0. The second-order valence-electron chi connectivity index (χ2n) is 8.02. The summed E-state index contributed by atoms with van der Waals surface area (Å²) in [6.07, 6.45) is 8.29. The maximum absolute atomic E-state index is 3.77. The van der Waals surface area contributed by atoms with Crippen LogP contribution in [-0.2, 0) is 0 Å². The summed E-state index contributed by atoms with van der Waals surface area (Å²) in [5, 5.41) is 3.77. The second-order valence-corrected chi connectivity index (χ2v) is 8.02. The molecule has 118 valence electrons. The van der Waals surface area contributed by atoms with Gasteiger partial charge in [-0.25, -0.2) is 0 Å². The molecular weight excluding hydrogens is 244 g/mol. The fraction of sp³-hybridized carbons (Fsp3) is 1.00. The molecule has 4 atom stereocenters. The first-order chi connectivity index (χ1) is 9.46. The molecule has 0 aromatic carbocycles. The summed E-state index contributed by atoms with van der Waals surface area (Å²) in [6, 6.07) is 2.39. The highest BCUT2D eigenvalue weighted by atomic mass is 15.2. The molecule has 1 N–H and O–H groups in total. The Labute approximate surface area is 126 Å². The van der Waals surface area contributed by atoms with E-state index in [4.69, 9.17) is 0 Å². The first kappa shape index (κ1) is 16.3. The van der Waals surface area contributed by atoms with Crippen molar-refractivity contribution < 1.29 is 0 Å². The van der Waals surface area contributed by atoms with Crippen molar-refractivity contribution >= 4 is 0 Å². The Morgan fingerprint density at radius 2 is 1.90 bits per heavy atom. The molecule has 0 amide bonds. The van der Waals surface area contributed by atoms with Crippen LogP contribution in [0.15, 0.2) is 0 Å². The zero-order valence-corrected chi connectivity index (χ0v) is 14.4. The highest BCUT2D eigenvalue weighted by Crippen LogP contribution is 2.40. The van der Waals surface area contributed by atoms with Crippen molar-refractivity contribution in [3.8, 4) is 0 Å². The van der Waals surface area contributed by atoms with Gasteiger partial charge in [-0.3, -0.25) is 4.90 Å². The smallest absolute Gasteiger partial charge is 0.0108 e. The number of hydrogen-bond donors (Lipinski definition) is 1. The monoisotopic (exact) mass is 280 g/mol. The summed E-state index contributed by atoms with van der Waals surface area (Å²) < 4.78 is 0. The Morgan fingerprint density at radius 3 is 2.55 bits per heavy atom. The lowest BCUT2D eigenvalue weighted by molar-refractivity contribution is 0.0809. The maximum Gasteiger partial charge on any atom is 0.0108 e. The van der Waals surface area contributed by atoms with E-state index in [9.17, 15) is 0 Å². The van der Waals surface area contributed by atoms with Crippen LogP contribution in [0, 0.1) is 11.3 Å². The average Bonchev–Trinajstić information content (AvgIpc) is 2.74.